The number of carboxylic acids is 1. The fraction of sp³-hybridized carbons (Fsp3) is 0.300. The molecule has 0 spiro atoms. The zero-order chi connectivity index (χ0) is 11.0. The summed E-state index contributed by atoms with van der Waals surface area (Å²) in [6.45, 7) is 3.71. The lowest BCUT2D eigenvalue weighted by Gasteiger charge is -2.01. The number of aryl methyl sites for hydroxylation is 2. The van der Waals surface area contributed by atoms with Crippen molar-refractivity contribution in [1.82, 2.24) is 14.6 Å². The van der Waals surface area contributed by atoms with Crippen LogP contribution in [0.5, 0.6) is 0 Å². The Bertz CT molecular complexity index is 531. The van der Waals surface area contributed by atoms with Gasteiger partial charge in [-0.15, -0.1) is 0 Å². The highest BCUT2D eigenvalue weighted by Crippen LogP contribution is 2.11. The van der Waals surface area contributed by atoms with E-state index in [-0.39, 0.29) is 5.69 Å². The van der Waals surface area contributed by atoms with Crippen molar-refractivity contribution in [3.05, 3.63) is 29.2 Å². The number of carboxylic acid groups (broad SMARTS) is 1. The fourth-order valence-electron chi connectivity index (χ4n) is 1.50. The van der Waals surface area contributed by atoms with E-state index in [1.807, 2.05) is 13.0 Å². The minimum absolute atomic E-state index is 0.157. The number of hydrogen-bond donors (Lipinski definition) is 1. The molecule has 0 fully saturated rings. The first-order valence-corrected chi connectivity index (χ1v) is 4.71. The van der Waals surface area contributed by atoms with E-state index in [1.165, 1.54) is 4.52 Å². The van der Waals surface area contributed by atoms with Gasteiger partial charge in [0.1, 0.15) is 5.82 Å². The van der Waals surface area contributed by atoms with Gasteiger partial charge in [-0.05, 0) is 31.0 Å². The minimum atomic E-state index is -0.986. The van der Waals surface area contributed by atoms with E-state index < -0.39 is 5.97 Å². The highest BCUT2D eigenvalue weighted by Gasteiger charge is 2.12. The molecule has 5 heteroatoms. The van der Waals surface area contributed by atoms with Gasteiger partial charge in [-0.1, -0.05) is 6.92 Å². The Morgan fingerprint density at radius 1 is 1.53 bits per heavy atom. The summed E-state index contributed by atoms with van der Waals surface area (Å²) >= 11 is 0. The third-order valence-electron chi connectivity index (χ3n) is 2.23. The van der Waals surface area contributed by atoms with Gasteiger partial charge < -0.3 is 5.11 Å². The Morgan fingerprint density at radius 3 is 2.87 bits per heavy atom. The average Bonchev–Trinajstić information content (AvgIpc) is 2.55. The van der Waals surface area contributed by atoms with Crippen LogP contribution < -0.4 is 0 Å². The van der Waals surface area contributed by atoms with Gasteiger partial charge in [-0.25, -0.2) is 14.3 Å². The molecule has 0 aliphatic heterocycles. The molecule has 78 valence electrons. The predicted octanol–water partition coefficient (Wildman–Crippen LogP) is 1.30. The van der Waals surface area contributed by atoms with Crippen molar-refractivity contribution >= 4 is 11.6 Å². The second kappa shape index (κ2) is 3.34. The molecule has 1 N–H and O–H groups in total. The molecule has 2 aromatic rings. The smallest absolute Gasteiger partial charge is 0.354 e. The molecular weight excluding hydrogens is 194 g/mol. The molecule has 2 rings (SSSR count). The van der Waals surface area contributed by atoms with Gasteiger partial charge in [-0.2, -0.15) is 5.10 Å². The Kier molecular flexibility index (Phi) is 2.15. The van der Waals surface area contributed by atoms with E-state index >= 15 is 0 Å². The van der Waals surface area contributed by atoms with E-state index in [0.717, 1.165) is 12.0 Å². The lowest BCUT2D eigenvalue weighted by Crippen LogP contribution is -2.07. The van der Waals surface area contributed by atoms with Crippen LogP contribution >= 0.6 is 0 Å². The quantitative estimate of drug-likeness (QED) is 0.802. The minimum Gasteiger partial charge on any atom is -0.477 e. The molecule has 0 aliphatic rings. The molecule has 0 amide bonds. The Balaban J connectivity index is 2.79. The number of carbonyl (C=O) groups is 1. The second-order valence-electron chi connectivity index (χ2n) is 3.34. The number of aromatic carboxylic acids is 1. The fourth-order valence-corrected chi connectivity index (χ4v) is 1.50. The first-order chi connectivity index (χ1) is 7.11. The topological polar surface area (TPSA) is 67.5 Å². The van der Waals surface area contributed by atoms with Crippen molar-refractivity contribution in [3.8, 4) is 0 Å². The van der Waals surface area contributed by atoms with E-state index in [1.54, 1.807) is 13.0 Å². The maximum absolute atomic E-state index is 11.0. The molecule has 0 atom stereocenters. The van der Waals surface area contributed by atoms with Gasteiger partial charge in [0, 0.05) is 0 Å². The lowest BCUT2D eigenvalue weighted by molar-refractivity contribution is 0.0687. The van der Waals surface area contributed by atoms with E-state index in [4.69, 9.17) is 5.11 Å². The summed E-state index contributed by atoms with van der Waals surface area (Å²) in [5.74, 6) is -0.411. The number of pyridine rings is 1. The zero-order valence-electron chi connectivity index (χ0n) is 8.56. The molecule has 15 heavy (non-hydrogen) atoms. The summed E-state index contributed by atoms with van der Waals surface area (Å²) in [5, 5.41) is 13.1. The Labute approximate surface area is 86.4 Å². The van der Waals surface area contributed by atoms with Crippen LogP contribution in [0.25, 0.3) is 5.65 Å². The Hall–Kier alpha value is -1.91. The van der Waals surface area contributed by atoms with Crippen molar-refractivity contribution in [2.45, 2.75) is 20.3 Å². The molecule has 0 aromatic carbocycles. The van der Waals surface area contributed by atoms with Crippen molar-refractivity contribution in [2.24, 2.45) is 0 Å². The van der Waals surface area contributed by atoms with Crippen LogP contribution in [0.3, 0.4) is 0 Å². The average molecular weight is 205 g/mol. The summed E-state index contributed by atoms with van der Waals surface area (Å²) < 4.78 is 1.36. The molecule has 0 bridgehead atoms. The van der Waals surface area contributed by atoms with Crippen LogP contribution in [-0.2, 0) is 6.42 Å². The predicted molar refractivity (Wildman–Crippen MR) is 54.1 cm³/mol. The van der Waals surface area contributed by atoms with E-state index in [9.17, 15) is 4.79 Å². The number of aromatic nitrogens is 3. The van der Waals surface area contributed by atoms with Gasteiger partial charge >= 0.3 is 5.97 Å². The van der Waals surface area contributed by atoms with E-state index in [2.05, 4.69) is 10.1 Å². The van der Waals surface area contributed by atoms with Crippen LogP contribution in [0, 0.1) is 6.92 Å². The van der Waals surface area contributed by atoms with Crippen LogP contribution in [0.4, 0.5) is 0 Å². The summed E-state index contributed by atoms with van der Waals surface area (Å²) in [4.78, 5) is 15.2. The third kappa shape index (κ3) is 1.56. The monoisotopic (exact) mass is 205 g/mol. The van der Waals surface area contributed by atoms with Crippen molar-refractivity contribution in [2.75, 3.05) is 0 Å². The number of nitrogens with zero attached hydrogens (tertiary/aromatic N) is 3. The third-order valence-corrected chi connectivity index (χ3v) is 2.23. The molecule has 0 radical (unpaired) electrons. The van der Waals surface area contributed by atoms with Gasteiger partial charge in [0.15, 0.2) is 11.3 Å². The van der Waals surface area contributed by atoms with E-state index in [0.29, 0.717) is 11.5 Å². The normalized spacial score (nSPS) is 10.8. The summed E-state index contributed by atoms with van der Waals surface area (Å²) in [6.07, 6.45) is 0.780. The van der Waals surface area contributed by atoms with Gasteiger partial charge in [-0.3, -0.25) is 0 Å². The van der Waals surface area contributed by atoms with Gasteiger partial charge in [0.2, 0.25) is 0 Å². The number of fused-ring (bicyclic) bond motifs is 1. The number of hydrogen-bond acceptors (Lipinski definition) is 3. The molecule has 0 saturated heterocycles. The molecule has 0 saturated carbocycles. The molecule has 0 aliphatic carbocycles. The standard InChI is InChI=1S/C10H11N3O2/c1-3-7-4-8(10(14)15)13-9(5-7)11-6(2)12-13/h4-5H,3H2,1-2H3,(H,14,15). The molecule has 5 nitrogen and oxygen atoms in total. The van der Waals surface area contributed by atoms with Crippen molar-refractivity contribution in [1.29, 1.82) is 0 Å². The number of rotatable bonds is 2. The van der Waals surface area contributed by atoms with Crippen LogP contribution in [0.1, 0.15) is 28.8 Å². The molecule has 2 aromatic heterocycles. The zero-order valence-corrected chi connectivity index (χ0v) is 8.56. The second-order valence-corrected chi connectivity index (χ2v) is 3.34. The summed E-state index contributed by atoms with van der Waals surface area (Å²) in [6, 6.07) is 3.48. The molecule has 0 unspecified atom stereocenters. The van der Waals surface area contributed by atoms with Crippen LogP contribution in [0.2, 0.25) is 0 Å². The van der Waals surface area contributed by atoms with Gasteiger partial charge in [0.05, 0.1) is 0 Å². The first kappa shape index (κ1) is 9.64. The molecule has 2 heterocycles. The van der Waals surface area contributed by atoms with Crippen molar-refractivity contribution in [3.63, 3.8) is 0 Å². The van der Waals surface area contributed by atoms with Crippen molar-refractivity contribution < 1.29 is 9.90 Å². The highest BCUT2D eigenvalue weighted by molar-refractivity contribution is 5.86. The lowest BCUT2D eigenvalue weighted by atomic mass is 10.2. The highest BCUT2D eigenvalue weighted by atomic mass is 16.4. The Morgan fingerprint density at radius 2 is 2.27 bits per heavy atom. The first-order valence-electron chi connectivity index (χ1n) is 4.71. The maximum atomic E-state index is 11.0. The van der Waals surface area contributed by atoms with Crippen LogP contribution in [0.15, 0.2) is 12.1 Å². The largest absolute Gasteiger partial charge is 0.477 e. The summed E-state index contributed by atoms with van der Waals surface area (Å²) in [5.41, 5.74) is 1.70. The maximum Gasteiger partial charge on any atom is 0.354 e. The van der Waals surface area contributed by atoms with Gasteiger partial charge in [0.25, 0.3) is 0 Å². The van der Waals surface area contributed by atoms with Crippen LogP contribution in [-0.4, -0.2) is 25.7 Å². The molecular formula is C10H11N3O2. The summed E-state index contributed by atoms with van der Waals surface area (Å²) in [7, 11) is 0. The SMILES string of the molecule is CCc1cc(C(=O)O)n2nc(C)nc2c1.